The van der Waals surface area contributed by atoms with E-state index in [-0.39, 0.29) is 5.91 Å². The van der Waals surface area contributed by atoms with E-state index >= 15 is 0 Å². The highest BCUT2D eigenvalue weighted by Gasteiger charge is 2.24. The van der Waals surface area contributed by atoms with Crippen molar-refractivity contribution in [2.24, 2.45) is 5.73 Å². The molecule has 1 fully saturated rings. The molecule has 0 unspecified atom stereocenters. The number of nitrogens with zero attached hydrogens (tertiary/aromatic N) is 1. The van der Waals surface area contributed by atoms with Crippen LogP contribution in [0.15, 0.2) is 0 Å². The molecule has 1 aliphatic carbocycles. The summed E-state index contributed by atoms with van der Waals surface area (Å²) in [6.07, 6.45) is 3.06. The summed E-state index contributed by atoms with van der Waals surface area (Å²) < 4.78 is 0. The summed E-state index contributed by atoms with van der Waals surface area (Å²) in [6, 6.07) is 0.366. The van der Waals surface area contributed by atoms with Gasteiger partial charge in [-0.1, -0.05) is 6.92 Å². The minimum atomic E-state index is -0.288. The maximum absolute atomic E-state index is 11.0. The highest BCUT2D eigenvalue weighted by molar-refractivity contribution is 5.79. The summed E-state index contributed by atoms with van der Waals surface area (Å²) in [5.74, 6) is 0.0557. The van der Waals surface area contributed by atoms with Crippen LogP contribution >= 0.6 is 0 Å². The smallest absolute Gasteiger partial charge is 0.231 e. The van der Waals surface area contributed by atoms with Gasteiger partial charge in [0.2, 0.25) is 5.91 Å². The molecule has 1 aliphatic rings. The number of ketones is 1. The molecule has 0 saturated heterocycles. The third-order valence-corrected chi connectivity index (χ3v) is 2.79. The quantitative estimate of drug-likeness (QED) is 0.707. The van der Waals surface area contributed by atoms with E-state index in [0.29, 0.717) is 31.2 Å². The SMILES string of the molecule is CCN(CC(N)=O)C1CCC(=O)CC1. The van der Waals surface area contributed by atoms with Crippen molar-refractivity contribution in [1.82, 2.24) is 4.90 Å². The van der Waals surface area contributed by atoms with Gasteiger partial charge in [0.05, 0.1) is 6.54 Å². The van der Waals surface area contributed by atoms with Crippen LogP contribution in [0, 0.1) is 0 Å². The van der Waals surface area contributed by atoms with E-state index in [9.17, 15) is 9.59 Å². The maximum Gasteiger partial charge on any atom is 0.231 e. The van der Waals surface area contributed by atoms with Crippen LogP contribution in [0.25, 0.3) is 0 Å². The van der Waals surface area contributed by atoms with E-state index < -0.39 is 0 Å². The number of hydrogen-bond donors (Lipinski definition) is 1. The first-order valence-electron chi connectivity index (χ1n) is 5.17. The molecular weight excluding hydrogens is 180 g/mol. The van der Waals surface area contributed by atoms with Crippen molar-refractivity contribution in [2.45, 2.75) is 38.6 Å². The minimum Gasteiger partial charge on any atom is -0.369 e. The molecule has 0 radical (unpaired) electrons. The Morgan fingerprint density at radius 1 is 1.50 bits per heavy atom. The number of hydrogen-bond acceptors (Lipinski definition) is 3. The van der Waals surface area contributed by atoms with Gasteiger partial charge in [-0.05, 0) is 19.4 Å². The van der Waals surface area contributed by atoms with Crippen LogP contribution in [-0.4, -0.2) is 35.7 Å². The van der Waals surface area contributed by atoms with Crippen LogP contribution in [0.4, 0.5) is 0 Å². The molecule has 0 bridgehead atoms. The lowest BCUT2D eigenvalue weighted by atomic mass is 9.93. The van der Waals surface area contributed by atoms with E-state index in [4.69, 9.17) is 5.73 Å². The van der Waals surface area contributed by atoms with Crippen molar-refractivity contribution < 1.29 is 9.59 Å². The van der Waals surface area contributed by atoms with Gasteiger partial charge in [0, 0.05) is 18.9 Å². The average molecular weight is 198 g/mol. The standard InChI is InChI=1S/C10H18N2O2/c1-2-12(7-10(11)14)8-3-5-9(13)6-4-8/h8H,2-7H2,1H3,(H2,11,14). The molecule has 1 saturated carbocycles. The highest BCUT2D eigenvalue weighted by Crippen LogP contribution is 2.19. The molecule has 14 heavy (non-hydrogen) atoms. The molecule has 80 valence electrons. The largest absolute Gasteiger partial charge is 0.369 e. The second-order valence-electron chi connectivity index (χ2n) is 3.80. The topological polar surface area (TPSA) is 63.4 Å². The zero-order valence-electron chi connectivity index (χ0n) is 8.66. The summed E-state index contributed by atoms with van der Waals surface area (Å²) in [7, 11) is 0. The molecular formula is C10H18N2O2. The van der Waals surface area contributed by atoms with Gasteiger partial charge in [-0.2, -0.15) is 0 Å². The Kier molecular flexibility index (Phi) is 4.07. The maximum atomic E-state index is 11.0. The van der Waals surface area contributed by atoms with E-state index in [1.807, 2.05) is 6.92 Å². The van der Waals surface area contributed by atoms with E-state index in [1.165, 1.54) is 0 Å². The monoisotopic (exact) mass is 198 g/mol. The van der Waals surface area contributed by atoms with Gasteiger partial charge >= 0.3 is 0 Å². The normalized spacial score (nSPS) is 18.9. The predicted octanol–water partition coefficient (Wildman–Crippen LogP) is 0.305. The Bertz CT molecular complexity index is 218. The molecule has 0 aromatic carbocycles. The number of carbonyl (C=O) groups is 2. The zero-order chi connectivity index (χ0) is 10.6. The van der Waals surface area contributed by atoms with Gasteiger partial charge in [0.15, 0.2) is 0 Å². The number of Topliss-reactive ketones (excluding diaryl/α,β-unsaturated/α-hetero) is 1. The zero-order valence-corrected chi connectivity index (χ0v) is 8.66. The molecule has 0 atom stereocenters. The first kappa shape index (κ1) is 11.2. The Morgan fingerprint density at radius 2 is 2.07 bits per heavy atom. The van der Waals surface area contributed by atoms with Gasteiger partial charge in [0.25, 0.3) is 0 Å². The van der Waals surface area contributed by atoms with Crippen molar-refractivity contribution in [3.8, 4) is 0 Å². The number of amides is 1. The third-order valence-electron chi connectivity index (χ3n) is 2.79. The summed E-state index contributed by atoms with van der Waals surface area (Å²) in [5.41, 5.74) is 5.16. The van der Waals surface area contributed by atoms with Crippen molar-refractivity contribution in [3.63, 3.8) is 0 Å². The predicted molar refractivity (Wildman–Crippen MR) is 53.7 cm³/mol. The summed E-state index contributed by atoms with van der Waals surface area (Å²) >= 11 is 0. The van der Waals surface area contributed by atoms with Crippen LogP contribution < -0.4 is 5.73 Å². The van der Waals surface area contributed by atoms with E-state index in [0.717, 1.165) is 19.4 Å². The van der Waals surface area contributed by atoms with Crippen molar-refractivity contribution >= 4 is 11.7 Å². The van der Waals surface area contributed by atoms with Crippen LogP contribution in [0.3, 0.4) is 0 Å². The van der Waals surface area contributed by atoms with Crippen molar-refractivity contribution in [1.29, 1.82) is 0 Å². The molecule has 0 spiro atoms. The van der Waals surface area contributed by atoms with E-state index in [2.05, 4.69) is 4.90 Å². The molecule has 0 aliphatic heterocycles. The Morgan fingerprint density at radius 3 is 2.50 bits per heavy atom. The Balaban J connectivity index is 2.44. The molecule has 4 nitrogen and oxygen atoms in total. The summed E-state index contributed by atoms with van der Waals surface area (Å²) in [5, 5.41) is 0. The number of nitrogens with two attached hydrogens (primary N) is 1. The average Bonchev–Trinajstić information content (AvgIpc) is 2.15. The van der Waals surface area contributed by atoms with E-state index in [1.54, 1.807) is 0 Å². The van der Waals surface area contributed by atoms with Gasteiger partial charge in [0.1, 0.15) is 5.78 Å². The highest BCUT2D eigenvalue weighted by atomic mass is 16.1. The second kappa shape index (κ2) is 5.10. The van der Waals surface area contributed by atoms with Crippen LogP contribution in [0.1, 0.15) is 32.6 Å². The summed E-state index contributed by atoms with van der Waals surface area (Å²) in [4.78, 5) is 23.9. The lowest BCUT2D eigenvalue weighted by Gasteiger charge is -2.31. The number of rotatable bonds is 4. The molecule has 1 rings (SSSR count). The minimum absolute atomic E-state index is 0.288. The fraction of sp³-hybridized carbons (Fsp3) is 0.800. The van der Waals surface area contributed by atoms with Gasteiger partial charge < -0.3 is 5.73 Å². The number of carbonyl (C=O) groups excluding carboxylic acids is 2. The third kappa shape index (κ3) is 3.10. The second-order valence-corrected chi connectivity index (χ2v) is 3.80. The fourth-order valence-electron chi connectivity index (χ4n) is 1.99. The first-order valence-corrected chi connectivity index (χ1v) is 5.17. The van der Waals surface area contributed by atoms with Crippen molar-refractivity contribution in [2.75, 3.05) is 13.1 Å². The lowest BCUT2D eigenvalue weighted by Crippen LogP contribution is -2.42. The number of likely N-dealkylation sites (N-methyl/N-ethyl adjacent to an activating group) is 1. The molecule has 1 amide bonds. The summed E-state index contributed by atoms with van der Waals surface area (Å²) in [6.45, 7) is 3.15. The van der Waals surface area contributed by atoms with Gasteiger partial charge in [-0.25, -0.2) is 0 Å². The van der Waals surface area contributed by atoms with Gasteiger partial charge in [-0.3, -0.25) is 14.5 Å². The van der Waals surface area contributed by atoms with Crippen LogP contribution in [-0.2, 0) is 9.59 Å². The molecule has 0 aromatic rings. The van der Waals surface area contributed by atoms with Gasteiger partial charge in [-0.15, -0.1) is 0 Å². The number of primary amides is 1. The lowest BCUT2D eigenvalue weighted by molar-refractivity contribution is -0.122. The fourth-order valence-corrected chi connectivity index (χ4v) is 1.99. The molecule has 0 heterocycles. The van der Waals surface area contributed by atoms with Crippen molar-refractivity contribution in [3.05, 3.63) is 0 Å². The Hall–Kier alpha value is -0.900. The Labute approximate surface area is 84.4 Å². The molecule has 0 aromatic heterocycles. The molecule has 2 N–H and O–H groups in total. The van der Waals surface area contributed by atoms with Crippen LogP contribution in [0.2, 0.25) is 0 Å². The van der Waals surface area contributed by atoms with Crippen LogP contribution in [0.5, 0.6) is 0 Å². The molecule has 4 heteroatoms. The first-order chi connectivity index (χ1) is 6.63.